The Labute approximate surface area is 168 Å². The van der Waals surface area contributed by atoms with Gasteiger partial charge < -0.3 is 15.8 Å². The van der Waals surface area contributed by atoms with E-state index in [1.807, 2.05) is 6.07 Å². The summed E-state index contributed by atoms with van der Waals surface area (Å²) in [6.45, 7) is 3.21. The molecule has 0 radical (unpaired) electrons. The maximum Gasteiger partial charge on any atom is 0.413 e. The van der Waals surface area contributed by atoms with Crippen molar-refractivity contribution in [3.8, 4) is 11.8 Å². The average Bonchev–Trinajstić information content (AvgIpc) is 2.73. The number of hydrogen-bond donors (Lipinski definition) is 2. The molecule has 2 aromatic carbocycles. The molecule has 2 atom stereocenters. The topological polar surface area (TPSA) is 126 Å². The van der Waals surface area contributed by atoms with Crippen molar-refractivity contribution in [1.82, 2.24) is 5.32 Å². The van der Waals surface area contributed by atoms with Crippen LogP contribution in [0.1, 0.15) is 25.8 Å². The lowest BCUT2D eigenvalue weighted by molar-refractivity contribution is -0.125. The third-order valence-electron chi connectivity index (χ3n) is 4.26. The van der Waals surface area contributed by atoms with Crippen molar-refractivity contribution >= 4 is 23.6 Å². The summed E-state index contributed by atoms with van der Waals surface area (Å²) in [5.74, 6) is -0.889. The first kappa shape index (κ1) is 21.4. The lowest BCUT2D eigenvalue weighted by atomic mass is 10.1. The standard InChI is InChI=1S/C21H22N4O4/c1-3-18(24-21(28)29-17-7-5-4-6-8-17)20(27)25(14(2)19(23)26)16-11-9-15(13-22)10-12-16/h4-12,14,18H,3H2,1-2H3,(H2,23,26)(H,24,28)/t14-,18?/m0/s1. The molecule has 0 aliphatic rings. The third kappa shape index (κ3) is 5.56. The number of carbonyl (C=O) groups is 3. The lowest BCUT2D eigenvalue weighted by Gasteiger charge is -2.30. The number of hydrogen-bond acceptors (Lipinski definition) is 5. The minimum atomic E-state index is -0.962. The number of amides is 3. The largest absolute Gasteiger partial charge is 0.413 e. The second-order valence-electron chi connectivity index (χ2n) is 6.25. The third-order valence-corrected chi connectivity index (χ3v) is 4.26. The molecular weight excluding hydrogens is 372 g/mol. The van der Waals surface area contributed by atoms with Gasteiger partial charge in [-0.25, -0.2) is 4.79 Å². The smallest absolute Gasteiger partial charge is 0.410 e. The zero-order valence-corrected chi connectivity index (χ0v) is 16.2. The Hall–Kier alpha value is -3.86. The molecular formula is C21H22N4O4. The van der Waals surface area contributed by atoms with Gasteiger partial charge >= 0.3 is 6.09 Å². The molecule has 0 aliphatic heterocycles. The minimum Gasteiger partial charge on any atom is -0.410 e. The summed E-state index contributed by atoms with van der Waals surface area (Å²) in [5, 5.41) is 11.5. The Morgan fingerprint density at radius 2 is 1.76 bits per heavy atom. The van der Waals surface area contributed by atoms with Crippen molar-refractivity contribution in [2.24, 2.45) is 5.73 Å². The number of nitrogens with one attached hydrogen (secondary N) is 1. The van der Waals surface area contributed by atoms with Crippen molar-refractivity contribution < 1.29 is 19.1 Å². The van der Waals surface area contributed by atoms with Crippen molar-refractivity contribution in [2.45, 2.75) is 32.4 Å². The molecule has 3 N–H and O–H groups in total. The Morgan fingerprint density at radius 1 is 1.14 bits per heavy atom. The highest BCUT2D eigenvalue weighted by Gasteiger charge is 2.32. The summed E-state index contributed by atoms with van der Waals surface area (Å²) in [7, 11) is 0. The molecule has 8 nitrogen and oxygen atoms in total. The number of benzene rings is 2. The van der Waals surface area contributed by atoms with Crippen LogP contribution in [0, 0.1) is 11.3 Å². The van der Waals surface area contributed by atoms with Crippen LogP contribution >= 0.6 is 0 Å². The SMILES string of the molecule is CCC(NC(=O)Oc1ccccc1)C(=O)N(c1ccc(C#N)cc1)[C@@H](C)C(N)=O. The molecule has 0 bridgehead atoms. The highest BCUT2D eigenvalue weighted by atomic mass is 16.6. The molecule has 0 spiro atoms. The highest BCUT2D eigenvalue weighted by molar-refractivity contribution is 6.03. The number of para-hydroxylation sites is 1. The van der Waals surface area contributed by atoms with Crippen LogP contribution in [0.3, 0.4) is 0 Å². The summed E-state index contributed by atoms with van der Waals surface area (Å²) in [5.41, 5.74) is 6.21. The highest BCUT2D eigenvalue weighted by Crippen LogP contribution is 2.20. The average molecular weight is 394 g/mol. The Bertz CT molecular complexity index is 907. The van der Waals surface area contributed by atoms with Crippen LogP contribution in [0.2, 0.25) is 0 Å². The Morgan fingerprint density at radius 3 is 2.28 bits per heavy atom. The van der Waals surface area contributed by atoms with Gasteiger partial charge in [0.25, 0.3) is 0 Å². The zero-order valence-electron chi connectivity index (χ0n) is 16.2. The van der Waals surface area contributed by atoms with Crippen molar-refractivity contribution in [2.75, 3.05) is 4.90 Å². The number of rotatable bonds is 7. The summed E-state index contributed by atoms with van der Waals surface area (Å²) < 4.78 is 5.17. The molecule has 0 fully saturated rings. The maximum absolute atomic E-state index is 13.1. The van der Waals surface area contributed by atoms with E-state index in [2.05, 4.69) is 5.32 Å². The molecule has 0 heterocycles. The van der Waals surface area contributed by atoms with Crippen molar-refractivity contribution in [3.05, 3.63) is 60.2 Å². The molecule has 0 aromatic heterocycles. The Balaban J connectivity index is 2.23. The predicted molar refractivity (Wildman–Crippen MR) is 107 cm³/mol. The van der Waals surface area contributed by atoms with Crippen LogP contribution in [-0.4, -0.2) is 30.0 Å². The molecule has 150 valence electrons. The van der Waals surface area contributed by atoms with Crippen molar-refractivity contribution in [3.63, 3.8) is 0 Å². The summed E-state index contributed by atoms with van der Waals surface area (Å²) in [6, 6.07) is 14.7. The van der Waals surface area contributed by atoms with Gasteiger partial charge in [-0.15, -0.1) is 0 Å². The molecule has 0 aliphatic carbocycles. The first-order valence-corrected chi connectivity index (χ1v) is 9.03. The van der Waals surface area contributed by atoms with Crippen LogP contribution in [0.25, 0.3) is 0 Å². The van der Waals surface area contributed by atoms with Crippen LogP contribution in [0.4, 0.5) is 10.5 Å². The molecule has 1 unspecified atom stereocenters. The minimum absolute atomic E-state index is 0.265. The number of carbonyl (C=O) groups excluding carboxylic acids is 3. The monoisotopic (exact) mass is 394 g/mol. The fraction of sp³-hybridized carbons (Fsp3) is 0.238. The van der Waals surface area contributed by atoms with Gasteiger partial charge in [-0.3, -0.25) is 14.5 Å². The number of nitrogens with two attached hydrogens (primary N) is 1. The van der Waals surface area contributed by atoms with E-state index in [1.165, 1.54) is 24.0 Å². The second kappa shape index (κ2) is 9.90. The summed E-state index contributed by atoms with van der Waals surface area (Å²) in [6.07, 6.45) is -0.524. The fourth-order valence-corrected chi connectivity index (χ4v) is 2.64. The van der Waals surface area contributed by atoms with E-state index in [9.17, 15) is 14.4 Å². The number of anilines is 1. The summed E-state index contributed by atoms with van der Waals surface area (Å²) >= 11 is 0. The fourth-order valence-electron chi connectivity index (χ4n) is 2.64. The van der Waals surface area contributed by atoms with Gasteiger partial charge in [0.15, 0.2) is 0 Å². The van der Waals surface area contributed by atoms with Crippen molar-refractivity contribution in [1.29, 1.82) is 5.26 Å². The molecule has 2 aromatic rings. The van der Waals surface area contributed by atoms with Gasteiger partial charge in [0.1, 0.15) is 17.8 Å². The van der Waals surface area contributed by atoms with Gasteiger partial charge in [0.05, 0.1) is 11.6 Å². The first-order chi connectivity index (χ1) is 13.9. The van der Waals surface area contributed by atoms with Gasteiger partial charge in [0, 0.05) is 5.69 Å². The second-order valence-corrected chi connectivity index (χ2v) is 6.25. The molecule has 0 saturated heterocycles. The molecule has 0 saturated carbocycles. The molecule has 3 amide bonds. The quantitative estimate of drug-likeness (QED) is 0.745. The summed E-state index contributed by atoms with van der Waals surface area (Å²) in [4.78, 5) is 38.3. The molecule has 29 heavy (non-hydrogen) atoms. The number of ether oxygens (including phenoxy) is 1. The molecule has 8 heteroatoms. The van der Waals surface area contributed by atoms with E-state index in [0.717, 1.165) is 0 Å². The van der Waals surface area contributed by atoms with Gasteiger partial charge in [-0.1, -0.05) is 25.1 Å². The normalized spacial score (nSPS) is 12.2. The van der Waals surface area contributed by atoms with Gasteiger partial charge in [0.2, 0.25) is 11.8 Å². The van der Waals surface area contributed by atoms with Crippen LogP contribution in [-0.2, 0) is 9.59 Å². The number of primary amides is 1. The first-order valence-electron chi connectivity index (χ1n) is 9.03. The zero-order chi connectivity index (χ0) is 21.4. The lowest BCUT2D eigenvalue weighted by Crippen LogP contribution is -2.54. The molecule has 2 rings (SSSR count). The van der Waals surface area contributed by atoms with Crippen LogP contribution in [0.5, 0.6) is 5.75 Å². The van der Waals surface area contributed by atoms with E-state index >= 15 is 0 Å². The number of nitrogens with zero attached hydrogens (tertiary/aromatic N) is 2. The predicted octanol–water partition coefficient (Wildman–Crippen LogP) is 2.33. The number of nitriles is 1. The van der Waals surface area contributed by atoms with Gasteiger partial charge in [-0.2, -0.15) is 5.26 Å². The maximum atomic E-state index is 13.1. The van der Waals surface area contributed by atoms with Crippen LogP contribution in [0.15, 0.2) is 54.6 Å². The Kier molecular flexibility index (Phi) is 7.32. The van der Waals surface area contributed by atoms with Crippen LogP contribution < -0.4 is 20.7 Å². The van der Waals surface area contributed by atoms with E-state index < -0.39 is 30.0 Å². The van der Waals surface area contributed by atoms with E-state index in [-0.39, 0.29) is 6.42 Å². The van der Waals surface area contributed by atoms with E-state index in [1.54, 1.807) is 49.4 Å². The van der Waals surface area contributed by atoms with Gasteiger partial charge in [-0.05, 0) is 49.7 Å². The van der Waals surface area contributed by atoms with E-state index in [4.69, 9.17) is 15.7 Å². The van der Waals surface area contributed by atoms with E-state index in [0.29, 0.717) is 17.0 Å².